The zero-order chi connectivity index (χ0) is 44.7. The predicted molar refractivity (Wildman–Crippen MR) is 232 cm³/mol. The second-order valence-corrected chi connectivity index (χ2v) is 18.7. The molecule has 5 aliphatic carbocycles. The molecule has 3 saturated carbocycles. The Balaban J connectivity index is 1.03. The van der Waals surface area contributed by atoms with Crippen LogP contribution in [0.4, 0.5) is 4.79 Å². The number of hydrogen-bond acceptors (Lipinski definition) is 11. The Morgan fingerprint density at radius 1 is 1.00 bits per heavy atom. The summed E-state index contributed by atoms with van der Waals surface area (Å²) in [7, 11) is 0. The standard InChI is InChI=1S/C50H67NO11/c1-5-51-45(56)16-12-7-6-11-15-37-38(43(54)30-42(37)53)22-20-36(19-17-33-13-9-8-10-14-33)62-47(58)61-32(2)46(57)60-31-44(55)50(59)28-25-41-39-21-18-34-29-35(52)23-26-48(34,3)40(39)24-27-49(41,50)4/h6,8-11,13-14,20,22,24,29,32,36-39,41-43,53-54,59H,5,7,12,15-19,21,23,25-28,30-31H2,1-4H3,(H,51,56)/b11-6-,22-20+/t32-,36-,37+,38+,39+,41-,42-,43+,48-,49-,50-/m0/s1. The van der Waals surface area contributed by atoms with Gasteiger partial charge in [-0.05, 0) is 120 Å². The van der Waals surface area contributed by atoms with Gasteiger partial charge in [0, 0.05) is 42.6 Å². The van der Waals surface area contributed by atoms with Gasteiger partial charge in [0.2, 0.25) is 11.7 Å². The number of benzene rings is 1. The van der Waals surface area contributed by atoms with E-state index in [1.54, 1.807) is 12.2 Å². The van der Waals surface area contributed by atoms with Crippen LogP contribution in [0.25, 0.3) is 0 Å². The second-order valence-electron chi connectivity index (χ2n) is 18.7. The first-order valence-corrected chi connectivity index (χ1v) is 22.8. The third kappa shape index (κ3) is 10.3. The summed E-state index contributed by atoms with van der Waals surface area (Å²) in [6.07, 6.45) is 14.5. The molecule has 0 aromatic heterocycles. The van der Waals surface area contributed by atoms with Gasteiger partial charge in [-0.15, -0.1) is 0 Å². The van der Waals surface area contributed by atoms with Gasteiger partial charge in [0.25, 0.3) is 0 Å². The number of esters is 1. The third-order valence-corrected chi connectivity index (χ3v) is 14.9. The van der Waals surface area contributed by atoms with Crippen molar-refractivity contribution in [1.82, 2.24) is 5.32 Å². The Morgan fingerprint density at radius 2 is 1.77 bits per heavy atom. The molecule has 338 valence electrons. The molecule has 11 atom stereocenters. The maximum atomic E-state index is 13.8. The molecule has 12 heteroatoms. The van der Waals surface area contributed by atoms with E-state index < -0.39 is 65.9 Å². The molecular weight excluding hydrogens is 791 g/mol. The van der Waals surface area contributed by atoms with Crippen LogP contribution in [0.3, 0.4) is 0 Å². The summed E-state index contributed by atoms with van der Waals surface area (Å²) in [5, 5.41) is 36.6. The molecule has 62 heavy (non-hydrogen) atoms. The predicted octanol–water partition coefficient (Wildman–Crippen LogP) is 6.99. The van der Waals surface area contributed by atoms with Gasteiger partial charge in [0.05, 0.1) is 12.2 Å². The first-order chi connectivity index (χ1) is 29.6. The van der Waals surface area contributed by atoms with Gasteiger partial charge in [-0.1, -0.05) is 79.6 Å². The number of ether oxygens (including phenoxy) is 3. The molecule has 0 saturated heterocycles. The molecule has 5 aliphatic rings. The van der Waals surface area contributed by atoms with Crippen LogP contribution in [0.2, 0.25) is 0 Å². The molecule has 12 nitrogen and oxygen atoms in total. The van der Waals surface area contributed by atoms with E-state index >= 15 is 0 Å². The van der Waals surface area contributed by atoms with Gasteiger partial charge in [0.1, 0.15) is 11.7 Å². The average molecular weight is 858 g/mol. The number of aliphatic hydroxyl groups is 3. The minimum absolute atomic E-state index is 0.0178. The highest BCUT2D eigenvalue weighted by atomic mass is 16.7. The fraction of sp³-hybridized carbons (Fsp3) is 0.620. The van der Waals surface area contributed by atoms with Gasteiger partial charge in [-0.3, -0.25) is 14.4 Å². The molecule has 0 unspecified atom stereocenters. The van der Waals surface area contributed by atoms with Crippen molar-refractivity contribution < 1.29 is 53.5 Å². The van der Waals surface area contributed by atoms with Crippen LogP contribution in [0.5, 0.6) is 0 Å². The normalized spacial score (nSPS) is 32.5. The summed E-state index contributed by atoms with van der Waals surface area (Å²) < 4.78 is 16.4. The smallest absolute Gasteiger partial charge is 0.455 e. The van der Waals surface area contributed by atoms with E-state index in [0.717, 1.165) is 24.8 Å². The van der Waals surface area contributed by atoms with Crippen LogP contribution in [0.15, 0.2) is 77.9 Å². The monoisotopic (exact) mass is 857 g/mol. The Morgan fingerprint density at radius 3 is 2.53 bits per heavy atom. The van der Waals surface area contributed by atoms with Crippen molar-refractivity contribution >= 4 is 29.6 Å². The molecule has 4 N–H and O–H groups in total. The van der Waals surface area contributed by atoms with Crippen LogP contribution in [0.1, 0.15) is 117 Å². The van der Waals surface area contributed by atoms with Gasteiger partial charge in [0.15, 0.2) is 18.5 Å². The number of carbonyl (C=O) groups is 5. The molecule has 0 radical (unpaired) electrons. The Labute approximate surface area is 366 Å². The van der Waals surface area contributed by atoms with Gasteiger partial charge < -0.3 is 34.8 Å². The van der Waals surface area contributed by atoms with E-state index in [0.29, 0.717) is 64.3 Å². The van der Waals surface area contributed by atoms with Crippen molar-refractivity contribution in [3.63, 3.8) is 0 Å². The lowest BCUT2D eigenvalue weighted by molar-refractivity contribution is -0.167. The summed E-state index contributed by atoms with van der Waals surface area (Å²) in [6, 6.07) is 9.66. The lowest BCUT2D eigenvalue weighted by atomic mass is 9.50. The van der Waals surface area contributed by atoms with E-state index in [1.165, 1.54) is 18.1 Å². The summed E-state index contributed by atoms with van der Waals surface area (Å²) in [4.78, 5) is 64.1. The first kappa shape index (κ1) is 47.1. The van der Waals surface area contributed by atoms with E-state index in [-0.39, 0.29) is 47.7 Å². The van der Waals surface area contributed by atoms with Crippen molar-refractivity contribution in [2.24, 2.45) is 34.5 Å². The average Bonchev–Trinajstić information content (AvgIpc) is 3.68. The highest BCUT2D eigenvalue weighted by Gasteiger charge is 2.64. The topological polar surface area (TPSA) is 186 Å². The van der Waals surface area contributed by atoms with Gasteiger partial charge in [-0.25, -0.2) is 9.59 Å². The summed E-state index contributed by atoms with van der Waals surface area (Å²) in [5.41, 5.74) is 0.912. The molecule has 6 rings (SSSR count). The Kier molecular flexibility index (Phi) is 15.5. The lowest BCUT2D eigenvalue weighted by Gasteiger charge is -2.54. The van der Waals surface area contributed by atoms with E-state index in [2.05, 4.69) is 18.3 Å². The van der Waals surface area contributed by atoms with Crippen molar-refractivity contribution in [3.8, 4) is 0 Å². The first-order valence-electron chi connectivity index (χ1n) is 22.8. The number of rotatable bonds is 18. The Bertz CT molecular complexity index is 1920. The number of aryl methyl sites for hydroxylation is 1. The number of fused-ring (bicyclic) bond motifs is 5. The number of Topliss-reactive ketones (excluding diaryl/α,β-unsaturated/α-hetero) is 1. The molecule has 1 amide bonds. The molecule has 0 bridgehead atoms. The SMILES string of the molecule is CCNC(=O)CCC/C=C\C[C@@H]1[C@@H](/C=C/[C@H](CCc2ccccc2)OC(=O)O[C@@H](C)C(=O)OCC(=O)[C@@]2(O)CC[C@H]3[C@@H]4CCC5=CC(=O)CC[C@]5(C)C4=CC[C@@]32C)[C@H](O)C[C@@H]1O. The maximum absolute atomic E-state index is 13.8. The molecular formula is C50H67NO11. The van der Waals surface area contributed by atoms with E-state index in [1.807, 2.05) is 62.4 Å². The van der Waals surface area contributed by atoms with Crippen LogP contribution in [-0.4, -0.2) is 88.1 Å². The maximum Gasteiger partial charge on any atom is 0.509 e. The number of ketones is 2. The lowest BCUT2D eigenvalue weighted by Crippen LogP contribution is -2.55. The van der Waals surface area contributed by atoms with Gasteiger partial charge >= 0.3 is 12.1 Å². The molecule has 0 aliphatic heterocycles. The van der Waals surface area contributed by atoms with Crippen LogP contribution >= 0.6 is 0 Å². The zero-order valence-corrected chi connectivity index (χ0v) is 36.9. The van der Waals surface area contributed by atoms with Crippen molar-refractivity contribution in [3.05, 3.63) is 83.5 Å². The molecule has 0 spiro atoms. The molecule has 1 aromatic rings. The van der Waals surface area contributed by atoms with Crippen molar-refractivity contribution in [1.29, 1.82) is 0 Å². The number of allylic oxidation sites excluding steroid dienone is 6. The number of aliphatic hydroxyl groups excluding tert-OH is 2. The third-order valence-electron chi connectivity index (χ3n) is 14.9. The highest BCUT2D eigenvalue weighted by molar-refractivity contribution is 5.92. The zero-order valence-electron chi connectivity index (χ0n) is 36.9. The van der Waals surface area contributed by atoms with Crippen LogP contribution in [0, 0.1) is 34.5 Å². The minimum atomic E-state index is -1.70. The van der Waals surface area contributed by atoms with Gasteiger partial charge in [-0.2, -0.15) is 0 Å². The number of nitrogens with one attached hydrogen (secondary N) is 1. The summed E-state index contributed by atoms with van der Waals surface area (Å²) in [6.45, 7) is 7.33. The Hall–Kier alpha value is -4.39. The molecule has 1 aromatic carbocycles. The van der Waals surface area contributed by atoms with E-state index in [9.17, 15) is 39.3 Å². The fourth-order valence-electron chi connectivity index (χ4n) is 11.2. The number of amides is 1. The number of carbonyl (C=O) groups excluding carboxylic acids is 5. The second kappa shape index (κ2) is 20.4. The minimum Gasteiger partial charge on any atom is -0.455 e. The number of unbranched alkanes of at least 4 members (excludes halogenated alkanes) is 1. The van der Waals surface area contributed by atoms with Crippen LogP contribution < -0.4 is 5.32 Å². The van der Waals surface area contributed by atoms with Crippen molar-refractivity contribution in [2.45, 2.75) is 148 Å². The van der Waals surface area contributed by atoms with E-state index in [4.69, 9.17) is 14.2 Å². The van der Waals surface area contributed by atoms with Crippen molar-refractivity contribution in [2.75, 3.05) is 13.2 Å². The van der Waals surface area contributed by atoms with Crippen LogP contribution in [-0.2, 0) is 39.8 Å². The molecule has 0 heterocycles. The quantitative estimate of drug-likeness (QED) is 0.0678. The fourth-order valence-corrected chi connectivity index (χ4v) is 11.2. The molecule has 3 fully saturated rings. The number of hydrogen-bond donors (Lipinski definition) is 4. The summed E-state index contributed by atoms with van der Waals surface area (Å²) >= 11 is 0. The highest BCUT2D eigenvalue weighted by Crippen LogP contribution is 2.65. The largest absolute Gasteiger partial charge is 0.509 e. The summed E-state index contributed by atoms with van der Waals surface area (Å²) in [5.74, 6) is -1.75.